The van der Waals surface area contributed by atoms with E-state index in [-0.39, 0.29) is 17.4 Å². The first-order valence-corrected chi connectivity index (χ1v) is 9.61. The van der Waals surface area contributed by atoms with Crippen LogP contribution in [0.1, 0.15) is 5.56 Å². The van der Waals surface area contributed by atoms with Crippen molar-refractivity contribution in [3.8, 4) is 28.6 Å². The van der Waals surface area contributed by atoms with Crippen LogP contribution in [0.15, 0.2) is 48.5 Å². The molecule has 8 nitrogen and oxygen atoms in total. The molecule has 0 aliphatic carbocycles. The average Bonchev–Trinajstić information content (AvgIpc) is 2.79. The van der Waals surface area contributed by atoms with Crippen molar-refractivity contribution in [2.45, 2.75) is 6.10 Å². The van der Waals surface area contributed by atoms with Crippen LogP contribution in [-0.4, -0.2) is 41.7 Å². The van der Waals surface area contributed by atoms with Gasteiger partial charge in [0.25, 0.3) is 5.91 Å². The van der Waals surface area contributed by atoms with Crippen LogP contribution in [0.3, 0.4) is 0 Å². The monoisotopic (exact) mass is 418 g/mol. The van der Waals surface area contributed by atoms with Gasteiger partial charge in [-0.2, -0.15) is 5.26 Å². The number of morpholine rings is 1. The Morgan fingerprint density at radius 3 is 2.52 bits per heavy atom. The molecule has 4 N–H and O–H groups in total. The van der Waals surface area contributed by atoms with Crippen molar-refractivity contribution in [3.63, 3.8) is 0 Å². The highest BCUT2D eigenvalue weighted by atomic mass is 19.1. The summed E-state index contributed by atoms with van der Waals surface area (Å²) in [6.07, 6.45) is -0.523. The molecule has 1 saturated heterocycles. The molecule has 156 valence electrons. The molecular weight excluding hydrogens is 399 g/mol. The van der Waals surface area contributed by atoms with E-state index >= 15 is 0 Å². The zero-order valence-electron chi connectivity index (χ0n) is 16.4. The largest absolute Gasteiger partial charge is 0.368 e. The van der Waals surface area contributed by atoms with Gasteiger partial charge in [0.15, 0.2) is 0 Å². The number of benzene rings is 2. The van der Waals surface area contributed by atoms with Gasteiger partial charge in [-0.1, -0.05) is 18.2 Å². The van der Waals surface area contributed by atoms with Crippen LogP contribution in [0, 0.1) is 17.1 Å². The minimum Gasteiger partial charge on any atom is -0.368 e. The molecule has 0 bridgehead atoms. The number of nitrogens with zero attached hydrogens (tertiary/aromatic N) is 3. The third-order valence-corrected chi connectivity index (χ3v) is 4.80. The number of nitrogen functional groups attached to an aromatic ring is 1. The highest BCUT2D eigenvalue weighted by molar-refractivity contribution is 5.94. The van der Waals surface area contributed by atoms with Crippen molar-refractivity contribution < 1.29 is 13.9 Å². The molecule has 3 aromatic rings. The Morgan fingerprint density at radius 1 is 1.16 bits per heavy atom. The van der Waals surface area contributed by atoms with Gasteiger partial charge < -0.3 is 21.1 Å². The zero-order valence-corrected chi connectivity index (χ0v) is 16.4. The predicted molar refractivity (Wildman–Crippen MR) is 113 cm³/mol. The van der Waals surface area contributed by atoms with Crippen molar-refractivity contribution in [1.29, 1.82) is 5.26 Å². The van der Waals surface area contributed by atoms with Gasteiger partial charge >= 0.3 is 0 Å². The lowest BCUT2D eigenvalue weighted by molar-refractivity contribution is -0.128. The fraction of sp³-hybridized carbons (Fsp3) is 0.182. The van der Waals surface area contributed by atoms with Crippen molar-refractivity contribution in [1.82, 2.24) is 15.3 Å². The summed E-state index contributed by atoms with van der Waals surface area (Å²) in [5.74, 6) is -0.802. The lowest BCUT2D eigenvalue weighted by Gasteiger charge is -2.22. The molecule has 31 heavy (non-hydrogen) atoms. The molecule has 0 radical (unpaired) electrons. The van der Waals surface area contributed by atoms with E-state index in [1.54, 1.807) is 42.5 Å². The summed E-state index contributed by atoms with van der Waals surface area (Å²) >= 11 is 0. The number of hydrogen-bond acceptors (Lipinski definition) is 7. The smallest absolute Gasteiger partial charge is 0.254 e. The number of halogens is 1. The van der Waals surface area contributed by atoms with Gasteiger partial charge in [0.1, 0.15) is 18.0 Å². The average molecular weight is 418 g/mol. The highest BCUT2D eigenvalue weighted by Gasteiger charge is 2.21. The first-order valence-electron chi connectivity index (χ1n) is 9.61. The number of nitrogens with one attached hydrogen (secondary N) is 2. The SMILES string of the molecule is N#Cc1ccc(-c2cc(-c3ccc(NC(=O)C4CNCCO4)cc3)nc(N)n2)cc1F. The number of nitriles is 1. The standard InChI is InChI=1S/C22H19FN6O2/c23-17-9-14(1-2-15(17)11-24)19-10-18(28-22(25)29-19)13-3-5-16(6-4-13)27-21(30)20-12-26-7-8-31-20/h1-6,9-10,20,26H,7-8,12H2,(H,27,30)(H2,25,28,29). The molecular formula is C22H19FN6O2. The number of carbonyl (C=O) groups excluding carboxylic acids is 1. The summed E-state index contributed by atoms with van der Waals surface area (Å²) in [4.78, 5) is 20.7. The van der Waals surface area contributed by atoms with Gasteiger partial charge in [-0.25, -0.2) is 14.4 Å². The van der Waals surface area contributed by atoms with Gasteiger partial charge in [-0.3, -0.25) is 4.79 Å². The minimum atomic E-state index is -0.629. The Labute approximate surface area is 177 Å². The first-order chi connectivity index (χ1) is 15.0. The second-order valence-corrected chi connectivity index (χ2v) is 6.93. The molecule has 1 amide bonds. The fourth-order valence-corrected chi connectivity index (χ4v) is 3.21. The van der Waals surface area contributed by atoms with Gasteiger partial charge in [0.2, 0.25) is 5.95 Å². The van der Waals surface area contributed by atoms with Crippen molar-refractivity contribution >= 4 is 17.5 Å². The molecule has 0 saturated carbocycles. The van der Waals surface area contributed by atoms with Crippen molar-refractivity contribution in [2.75, 3.05) is 30.7 Å². The summed E-state index contributed by atoms with van der Waals surface area (Å²) in [5, 5.41) is 14.8. The number of amides is 1. The highest BCUT2D eigenvalue weighted by Crippen LogP contribution is 2.26. The quantitative estimate of drug-likeness (QED) is 0.594. The Kier molecular flexibility index (Phi) is 5.84. The van der Waals surface area contributed by atoms with Crippen LogP contribution in [0.5, 0.6) is 0 Å². The maximum atomic E-state index is 14.0. The van der Waals surface area contributed by atoms with E-state index in [0.717, 1.165) is 12.1 Å². The van der Waals surface area contributed by atoms with Crippen LogP contribution >= 0.6 is 0 Å². The number of anilines is 2. The lowest BCUT2D eigenvalue weighted by atomic mass is 10.1. The zero-order chi connectivity index (χ0) is 21.8. The maximum Gasteiger partial charge on any atom is 0.254 e. The molecule has 2 aromatic carbocycles. The molecule has 1 atom stereocenters. The molecule has 0 spiro atoms. The molecule has 4 rings (SSSR count). The van der Waals surface area contributed by atoms with Crippen LogP contribution < -0.4 is 16.4 Å². The van der Waals surface area contributed by atoms with E-state index in [4.69, 9.17) is 15.7 Å². The third kappa shape index (κ3) is 4.66. The van der Waals surface area contributed by atoms with Gasteiger partial charge in [0.05, 0.1) is 23.6 Å². The summed E-state index contributed by atoms with van der Waals surface area (Å²) in [7, 11) is 0. The topological polar surface area (TPSA) is 126 Å². The minimum absolute atomic E-state index is 0.0385. The number of aromatic nitrogens is 2. The molecule has 2 heterocycles. The molecule has 1 unspecified atom stereocenters. The van der Waals surface area contributed by atoms with Gasteiger partial charge in [0, 0.05) is 29.9 Å². The number of nitrogens with two attached hydrogens (primary N) is 1. The Hall–Kier alpha value is -3.87. The number of ether oxygens (including phenoxy) is 1. The first kappa shape index (κ1) is 20.4. The van der Waals surface area contributed by atoms with Crippen LogP contribution in [0.25, 0.3) is 22.5 Å². The van der Waals surface area contributed by atoms with Gasteiger partial charge in [-0.05, 0) is 30.3 Å². The van der Waals surface area contributed by atoms with Crippen molar-refractivity contribution in [2.24, 2.45) is 0 Å². The summed E-state index contributed by atoms with van der Waals surface area (Å²) in [6.45, 7) is 1.71. The molecule has 1 fully saturated rings. The number of hydrogen-bond donors (Lipinski definition) is 3. The Balaban J connectivity index is 1.55. The number of rotatable bonds is 4. The second-order valence-electron chi connectivity index (χ2n) is 6.93. The van der Waals surface area contributed by atoms with E-state index in [0.29, 0.717) is 35.8 Å². The lowest BCUT2D eigenvalue weighted by Crippen LogP contribution is -2.45. The number of carbonyl (C=O) groups is 1. The molecule has 1 aliphatic rings. The summed E-state index contributed by atoms with van der Waals surface area (Å²) in [5.41, 5.74) is 8.66. The fourth-order valence-electron chi connectivity index (χ4n) is 3.21. The molecule has 1 aromatic heterocycles. The van der Waals surface area contributed by atoms with E-state index in [2.05, 4.69) is 20.6 Å². The third-order valence-electron chi connectivity index (χ3n) is 4.80. The van der Waals surface area contributed by atoms with Crippen LogP contribution in [0.2, 0.25) is 0 Å². The van der Waals surface area contributed by atoms with E-state index < -0.39 is 11.9 Å². The summed E-state index contributed by atoms with van der Waals surface area (Å²) in [6, 6.07) is 14.8. The van der Waals surface area contributed by atoms with E-state index in [1.807, 2.05) is 0 Å². The molecule has 1 aliphatic heterocycles. The maximum absolute atomic E-state index is 14.0. The Bertz CT molecular complexity index is 1150. The van der Waals surface area contributed by atoms with E-state index in [1.165, 1.54) is 12.1 Å². The molecule has 9 heteroatoms. The predicted octanol–water partition coefficient (Wildman–Crippen LogP) is 2.33. The van der Waals surface area contributed by atoms with Gasteiger partial charge in [-0.15, -0.1) is 0 Å². The Morgan fingerprint density at radius 2 is 1.87 bits per heavy atom. The summed E-state index contributed by atoms with van der Waals surface area (Å²) < 4.78 is 19.4. The second kappa shape index (κ2) is 8.87. The van der Waals surface area contributed by atoms with Crippen LogP contribution in [0.4, 0.5) is 16.0 Å². The normalized spacial score (nSPS) is 15.8. The van der Waals surface area contributed by atoms with Crippen molar-refractivity contribution in [3.05, 3.63) is 59.9 Å². The van der Waals surface area contributed by atoms with E-state index in [9.17, 15) is 9.18 Å². The van der Waals surface area contributed by atoms with Crippen LogP contribution in [-0.2, 0) is 9.53 Å².